The van der Waals surface area contributed by atoms with E-state index in [0.717, 1.165) is 9.80 Å². The number of nitro groups is 2. The van der Waals surface area contributed by atoms with E-state index < -0.39 is 33.5 Å². The predicted octanol–water partition coefficient (Wildman–Crippen LogP) is 3.66. The van der Waals surface area contributed by atoms with Gasteiger partial charge in [-0.3, -0.25) is 49.2 Å². The van der Waals surface area contributed by atoms with Crippen molar-refractivity contribution < 1.29 is 29.0 Å². The van der Waals surface area contributed by atoms with Gasteiger partial charge in [-0.2, -0.15) is 0 Å². The molecule has 14 nitrogen and oxygen atoms in total. The van der Waals surface area contributed by atoms with Gasteiger partial charge in [-0.15, -0.1) is 0 Å². The Balaban J connectivity index is 1.06. The Kier molecular flexibility index (Phi) is 7.75. The largest absolute Gasteiger partial charge is 0.311 e. The number of rotatable bonds is 11. The summed E-state index contributed by atoms with van der Waals surface area (Å²) < 4.78 is 0. The van der Waals surface area contributed by atoms with Crippen molar-refractivity contribution in [3.05, 3.63) is 103 Å². The molecular formula is C32H28N6O8. The molecule has 46 heavy (non-hydrogen) atoms. The highest BCUT2D eigenvalue weighted by Gasteiger charge is 2.36. The number of hydrogen-bond acceptors (Lipinski definition) is 10. The Labute approximate surface area is 261 Å². The van der Waals surface area contributed by atoms with Crippen molar-refractivity contribution in [1.29, 1.82) is 0 Å². The summed E-state index contributed by atoms with van der Waals surface area (Å²) in [6.07, 6.45) is 0. The number of nitro benzene ring substituents is 2. The van der Waals surface area contributed by atoms with Crippen LogP contribution in [0.5, 0.6) is 0 Å². The van der Waals surface area contributed by atoms with E-state index in [0.29, 0.717) is 45.8 Å². The molecule has 0 fully saturated rings. The molecule has 14 heteroatoms. The van der Waals surface area contributed by atoms with Crippen molar-refractivity contribution in [2.24, 2.45) is 0 Å². The Bertz CT molecular complexity index is 1870. The van der Waals surface area contributed by atoms with E-state index in [1.807, 2.05) is 0 Å². The average Bonchev–Trinajstić information content (AvgIpc) is 3.03. The molecule has 2 aliphatic rings. The Morgan fingerprint density at radius 2 is 0.978 bits per heavy atom. The van der Waals surface area contributed by atoms with Gasteiger partial charge in [0.05, 0.1) is 21.0 Å². The molecule has 2 aliphatic heterocycles. The van der Waals surface area contributed by atoms with E-state index in [1.165, 1.54) is 24.3 Å². The second-order valence-corrected chi connectivity index (χ2v) is 11.5. The van der Waals surface area contributed by atoms with Crippen LogP contribution in [-0.4, -0.2) is 81.5 Å². The minimum atomic E-state index is -0.601. The number of amides is 4. The van der Waals surface area contributed by atoms with Crippen LogP contribution in [-0.2, 0) is 0 Å². The number of imide groups is 2. The van der Waals surface area contributed by atoms with Gasteiger partial charge in [-0.05, 0) is 36.8 Å². The highest BCUT2D eigenvalue weighted by Crippen LogP contribution is 2.35. The van der Waals surface area contributed by atoms with Crippen LogP contribution in [0.4, 0.5) is 11.4 Å². The molecule has 0 saturated carbocycles. The quantitative estimate of drug-likeness (QED) is 0.108. The van der Waals surface area contributed by atoms with Crippen molar-refractivity contribution in [2.75, 3.05) is 26.2 Å². The molecule has 0 spiro atoms. The summed E-state index contributed by atoms with van der Waals surface area (Å²) in [6, 6.07) is 14.1. The van der Waals surface area contributed by atoms with E-state index in [2.05, 4.69) is 10.6 Å². The van der Waals surface area contributed by atoms with Crippen molar-refractivity contribution in [2.45, 2.75) is 25.9 Å². The SMILES string of the molecule is C[C@@H](CN1C(=O)c2cccc3cc([N+](=O)[O-])cc(c23)C1=O)NCCN[C@@H](C)CN1C(=O)c2cccc3cc([N+](=O)[O-])cc(c23)C1=O. The lowest BCUT2D eigenvalue weighted by molar-refractivity contribution is -0.384. The maximum absolute atomic E-state index is 13.3. The first-order valence-corrected chi connectivity index (χ1v) is 14.6. The van der Waals surface area contributed by atoms with Gasteiger partial charge in [0.1, 0.15) is 0 Å². The summed E-state index contributed by atoms with van der Waals surface area (Å²) in [5, 5.41) is 31.1. The lowest BCUT2D eigenvalue weighted by Crippen LogP contribution is -2.50. The molecule has 6 rings (SSSR count). The van der Waals surface area contributed by atoms with Gasteiger partial charge >= 0.3 is 0 Å². The van der Waals surface area contributed by atoms with E-state index in [9.17, 15) is 39.4 Å². The summed E-state index contributed by atoms with van der Waals surface area (Å²) in [7, 11) is 0. The average molecular weight is 625 g/mol. The monoisotopic (exact) mass is 624 g/mol. The summed E-state index contributed by atoms with van der Waals surface area (Å²) in [5.41, 5.74) is 0.364. The van der Waals surface area contributed by atoms with Crippen LogP contribution in [0.3, 0.4) is 0 Å². The van der Waals surface area contributed by atoms with Crippen LogP contribution in [0.25, 0.3) is 21.5 Å². The zero-order chi connectivity index (χ0) is 32.9. The van der Waals surface area contributed by atoms with Gasteiger partial charge in [0.2, 0.25) is 0 Å². The number of carbonyl (C=O) groups is 4. The molecule has 2 heterocycles. The second-order valence-electron chi connectivity index (χ2n) is 11.5. The third-order valence-electron chi connectivity index (χ3n) is 8.27. The Morgan fingerprint density at radius 1 is 0.609 bits per heavy atom. The number of nitrogens with one attached hydrogen (secondary N) is 2. The number of carbonyl (C=O) groups excluding carboxylic acids is 4. The van der Waals surface area contributed by atoms with Crippen molar-refractivity contribution in [3.63, 3.8) is 0 Å². The van der Waals surface area contributed by atoms with Crippen LogP contribution in [0.2, 0.25) is 0 Å². The summed E-state index contributed by atoms with van der Waals surface area (Å²) in [4.78, 5) is 77.1. The van der Waals surface area contributed by atoms with Crippen LogP contribution in [0.15, 0.2) is 60.7 Å². The van der Waals surface area contributed by atoms with Gasteiger partial charge in [0.25, 0.3) is 35.0 Å². The minimum Gasteiger partial charge on any atom is -0.311 e. The first-order chi connectivity index (χ1) is 22.0. The zero-order valence-electron chi connectivity index (χ0n) is 24.8. The third kappa shape index (κ3) is 5.22. The number of benzene rings is 4. The van der Waals surface area contributed by atoms with Gasteiger partial charge in [0, 0.05) is 84.4 Å². The molecule has 4 amide bonds. The molecule has 4 aromatic carbocycles. The summed E-state index contributed by atoms with van der Waals surface area (Å²) >= 11 is 0. The molecule has 0 aliphatic carbocycles. The van der Waals surface area contributed by atoms with Crippen LogP contribution in [0, 0.1) is 20.2 Å². The highest BCUT2D eigenvalue weighted by atomic mass is 16.6. The maximum Gasteiger partial charge on any atom is 0.270 e. The first kappa shape index (κ1) is 30.4. The maximum atomic E-state index is 13.3. The lowest BCUT2D eigenvalue weighted by Gasteiger charge is -2.30. The number of hydrogen-bond donors (Lipinski definition) is 2. The van der Waals surface area contributed by atoms with E-state index >= 15 is 0 Å². The highest BCUT2D eigenvalue weighted by molar-refractivity contribution is 6.26. The van der Waals surface area contributed by atoms with Crippen LogP contribution in [0.1, 0.15) is 55.3 Å². The summed E-state index contributed by atoms with van der Waals surface area (Å²) in [6.45, 7) is 4.48. The molecule has 0 aromatic heterocycles. The van der Waals surface area contributed by atoms with Gasteiger partial charge in [-0.25, -0.2) is 0 Å². The minimum absolute atomic E-state index is 0.0274. The van der Waals surface area contributed by atoms with Crippen molar-refractivity contribution in [1.82, 2.24) is 20.4 Å². The molecule has 0 unspecified atom stereocenters. The topological polar surface area (TPSA) is 185 Å². The van der Waals surface area contributed by atoms with Crippen molar-refractivity contribution >= 4 is 56.5 Å². The zero-order valence-corrected chi connectivity index (χ0v) is 24.8. The Hall–Kier alpha value is -5.60. The fraction of sp³-hybridized carbons (Fsp3) is 0.250. The predicted molar refractivity (Wildman–Crippen MR) is 167 cm³/mol. The molecule has 2 N–H and O–H groups in total. The normalized spacial score (nSPS) is 15.5. The van der Waals surface area contributed by atoms with Crippen LogP contribution >= 0.6 is 0 Å². The first-order valence-electron chi connectivity index (χ1n) is 14.6. The van der Waals surface area contributed by atoms with Gasteiger partial charge < -0.3 is 10.6 Å². The molecule has 234 valence electrons. The van der Waals surface area contributed by atoms with E-state index in [1.54, 1.807) is 50.2 Å². The second kappa shape index (κ2) is 11.7. The fourth-order valence-corrected chi connectivity index (χ4v) is 6.14. The van der Waals surface area contributed by atoms with Crippen LogP contribution < -0.4 is 10.6 Å². The number of nitrogens with zero attached hydrogens (tertiary/aromatic N) is 4. The molecule has 4 aromatic rings. The number of non-ortho nitro benzene ring substituents is 2. The lowest BCUT2D eigenvalue weighted by atomic mass is 9.93. The molecule has 0 bridgehead atoms. The van der Waals surface area contributed by atoms with Crippen molar-refractivity contribution in [3.8, 4) is 0 Å². The fourth-order valence-electron chi connectivity index (χ4n) is 6.14. The molecule has 2 atom stereocenters. The van der Waals surface area contributed by atoms with Gasteiger partial charge in [-0.1, -0.05) is 24.3 Å². The molecular weight excluding hydrogens is 596 g/mol. The van der Waals surface area contributed by atoms with E-state index in [4.69, 9.17) is 0 Å². The smallest absolute Gasteiger partial charge is 0.270 e. The summed E-state index contributed by atoms with van der Waals surface area (Å²) in [5.74, 6) is -2.15. The van der Waals surface area contributed by atoms with Gasteiger partial charge in [0.15, 0.2) is 0 Å². The van der Waals surface area contributed by atoms with E-state index in [-0.39, 0.29) is 47.7 Å². The molecule has 0 radical (unpaired) electrons. The third-order valence-corrected chi connectivity index (χ3v) is 8.27. The standard InChI is InChI=1S/C32H28N6O8/c1-17(15-35-29(39)23-7-3-5-19-11-21(37(43)44)13-25(27(19)23)31(35)41)33-9-10-34-18(2)16-36-30(40)24-8-4-6-20-12-22(38(45)46)14-26(28(20)24)32(36)42/h3-8,11-14,17-18,33-34H,9-10,15-16H2,1-2H3/t17-,18-/m0/s1. The molecule has 0 saturated heterocycles. The Morgan fingerprint density at radius 3 is 1.35 bits per heavy atom.